The molecule has 0 amide bonds. The van der Waals surface area contributed by atoms with Gasteiger partial charge in [0.15, 0.2) is 0 Å². The summed E-state index contributed by atoms with van der Waals surface area (Å²) in [7, 11) is 1.72. The molecule has 19 heavy (non-hydrogen) atoms. The van der Waals surface area contributed by atoms with Crippen molar-refractivity contribution in [3.63, 3.8) is 0 Å². The van der Waals surface area contributed by atoms with E-state index in [0.29, 0.717) is 0 Å². The van der Waals surface area contributed by atoms with Gasteiger partial charge in [-0.2, -0.15) is 0 Å². The topological polar surface area (TPSA) is 9.23 Å². The Morgan fingerprint density at radius 3 is 2.53 bits per heavy atom. The fourth-order valence-corrected chi connectivity index (χ4v) is 3.77. The van der Waals surface area contributed by atoms with E-state index in [1.165, 1.54) is 16.0 Å². The average molecular weight is 360 g/mol. The van der Waals surface area contributed by atoms with E-state index in [-0.39, 0.29) is 5.38 Å². The molecule has 0 aliphatic rings. The third-order valence-electron chi connectivity index (χ3n) is 2.99. The summed E-state index contributed by atoms with van der Waals surface area (Å²) < 4.78 is 6.24. The van der Waals surface area contributed by atoms with Crippen LogP contribution in [0.5, 0.6) is 0 Å². The standard InChI is InChI=1S/C15H16BrClOS/c1-10-9-13(19-15(10)16)14(17)12-5-3-11(4-6-12)7-8-18-2/h3-6,9,14H,7-8H2,1-2H3. The van der Waals surface area contributed by atoms with Crippen molar-refractivity contribution in [3.05, 3.63) is 55.7 Å². The summed E-state index contributed by atoms with van der Waals surface area (Å²) in [5, 5.41) is -0.0773. The molecule has 1 heterocycles. The predicted molar refractivity (Wildman–Crippen MR) is 86.5 cm³/mol. The van der Waals surface area contributed by atoms with Crippen LogP contribution >= 0.6 is 38.9 Å². The van der Waals surface area contributed by atoms with Crippen LogP contribution < -0.4 is 0 Å². The maximum absolute atomic E-state index is 6.54. The number of benzene rings is 1. The number of methoxy groups -OCH3 is 1. The monoisotopic (exact) mass is 358 g/mol. The Morgan fingerprint density at radius 2 is 2.00 bits per heavy atom. The number of aryl methyl sites for hydroxylation is 1. The van der Waals surface area contributed by atoms with Crippen molar-refractivity contribution in [1.82, 2.24) is 0 Å². The van der Waals surface area contributed by atoms with Crippen molar-refractivity contribution in [3.8, 4) is 0 Å². The first kappa shape index (κ1) is 15.0. The zero-order chi connectivity index (χ0) is 13.8. The lowest BCUT2D eigenvalue weighted by atomic mass is 10.1. The maximum atomic E-state index is 6.54. The Balaban J connectivity index is 2.13. The minimum absolute atomic E-state index is 0.0773. The summed E-state index contributed by atoms with van der Waals surface area (Å²) in [6.45, 7) is 2.84. The van der Waals surface area contributed by atoms with Gasteiger partial charge in [-0.05, 0) is 52.0 Å². The first-order valence-electron chi connectivity index (χ1n) is 6.09. The molecule has 0 saturated carbocycles. The van der Waals surface area contributed by atoms with E-state index in [9.17, 15) is 0 Å². The Bertz CT molecular complexity index is 516. The van der Waals surface area contributed by atoms with Crippen molar-refractivity contribution < 1.29 is 4.74 Å². The zero-order valence-corrected chi connectivity index (χ0v) is 14.1. The number of rotatable bonds is 5. The minimum Gasteiger partial charge on any atom is -0.384 e. The number of thiophene rings is 1. The van der Waals surface area contributed by atoms with Gasteiger partial charge in [-0.15, -0.1) is 22.9 Å². The molecule has 1 atom stereocenters. The van der Waals surface area contributed by atoms with Crippen molar-refractivity contribution >= 4 is 38.9 Å². The van der Waals surface area contributed by atoms with Gasteiger partial charge in [-0.25, -0.2) is 0 Å². The van der Waals surface area contributed by atoms with E-state index in [1.54, 1.807) is 18.4 Å². The molecule has 4 heteroatoms. The van der Waals surface area contributed by atoms with E-state index >= 15 is 0 Å². The van der Waals surface area contributed by atoms with Crippen LogP contribution in [0.25, 0.3) is 0 Å². The van der Waals surface area contributed by atoms with Gasteiger partial charge in [0.25, 0.3) is 0 Å². The van der Waals surface area contributed by atoms with Gasteiger partial charge in [0.2, 0.25) is 0 Å². The third-order valence-corrected chi connectivity index (χ3v) is 5.81. The Hall–Kier alpha value is -0.350. The Kier molecular flexibility index (Phi) is 5.46. The molecular weight excluding hydrogens is 344 g/mol. The van der Waals surface area contributed by atoms with E-state index in [2.05, 4.69) is 53.2 Å². The van der Waals surface area contributed by atoms with Crippen LogP contribution in [0, 0.1) is 6.92 Å². The van der Waals surface area contributed by atoms with E-state index in [0.717, 1.165) is 22.4 Å². The van der Waals surface area contributed by atoms with Crippen LogP contribution in [0.2, 0.25) is 0 Å². The summed E-state index contributed by atoms with van der Waals surface area (Å²) in [5.41, 5.74) is 3.65. The van der Waals surface area contributed by atoms with Crippen molar-refractivity contribution in [2.45, 2.75) is 18.7 Å². The second-order valence-electron chi connectivity index (χ2n) is 4.45. The SMILES string of the molecule is COCCc1ccc(C(Cl)c2cc(C)c(Br)s2)cc1. The first-order chi connectivity index (χ1) is 9.11. The molecular formula is C15H16BrClOS. The van der Waals surface area contributed by atoms with E-state index in [1.807, 2.05) is 0 Å². The number of hydrogen-bond donors (Lipinski definition) is 0. The van der Waals surface area contributed by atoms with Gasteiger partial charge in [-0.1, -0.05) is 24.3 Å². The summed E-state index contributed by atoms with van der Waals surface area (Å²) in [4.78, 5) is 1.18. The summed E-state index contributed by atoms with van der Waals surface area (Å²) in [6.07, 6.45) is 0.938. The van der Waals surface area contributed by atoms with Crippen LogP contribution in [0.15, 0.2) is 34.1 Å². The van der Waals surface area contributed by atoms with Gasteiger partial charge in [0.1, 0.15) is 0 Å². The second kappa shape index (κ2) is 6.89. The average Bonchev–Trinajstić information content (AvgIpc) is 2.76. The highest BCUT2D eigenvalue weighted by molar-refractivity contribution is 9.11. The number of alkyl halides is 1. The van der Waals surface area contributed by atoms with Gasteiger partial charge >= 0.3 is 0 Å². The Morgan fingerprint density at radius 1 is 1.32 bits per heavy atom. The van der Waals surface area contributed by atoms with E-state index in [4.69, 9.17) is 16.3 Å². The molecule has 0 aliphatic heterocycles. The zero-order valence-electron chi connectivity index (χ0n) is 11.0. The van der Waals surface area contributed by atoms with Crippen LogP contribution in [-0.4, -0.2) is 13.7 Å². The summed E-state index contributed by atoms with van der Waals surface area (Å²) in [5.74, 6) is 0. The molecule has 0 bridgehead atoms. The molecule has 0 radical (unpaired) electrons. The van der Waals surface area contributed by atoms with Crippen molar-refractivity contribution in [2.75, 3.05) is 13.7 Å². The Labute approximate surface area is 131 Å². The molecule has 0 spiro atoms. The van der Waals surface area contributed by atoms with Crippen molar-refractivity contribution in [1.29, 1.82) is 0 Å². The van der Waals surface area contributed by atoms with Crippen LogP contribution in [0.4, 0.5) is 0 Å². The molecule has 0 fully saturated rings. The van der Waals surface area contributed by atoms with E-state index < -0.39 is 0 Å². The molecule has 1 unspecified atom stereocenters. The van der Waals surface area contributed by atoms with Crippen LogP contribution in [0.3, 0.4) is 0 Å². The van der Waals surface area contributed by atoms with Gasteiger partial charge < -0.3 is 4.74 Å². The number of halogens is 2. The lowest BCUT2D eigenvalue weighted by Crippen LogP contribution is -1.95. The largest absolute Gasteiger partial charge is 0.384 e. The highest BCUT2D eigenvalue weighted by Crippen LogP contribution is 2.37. The van der Waals surface area contributed by atoms with Crippen LogP contribution in [-0.2, 0) is 11.2 Å². The fraction of sp³-hybridized carbons (Fsp3) is 0.333. The summed E-state index contributed by atoms with van der Waals surface area (Å²) in [6, 6.07) is 10.6. The van der Waals surface area contributed by atoms with Gasteiger partial charge in [0.05, 0.1) is 15.8 Å². The molecule has 1 aromatic carbocycles. The second-order valence-corrected chi connectivity index (χ2v) is 7.29. The molecule has 2 aromatic rings. The molecule has 0 saturated heterocycles. The lowest BCUT2D eigenvalue weighted by molar-refractivity contribution is 0.202. The number of ether oxygens (including phenoxy) is 1. The third kappa shape index (κ3) is 3.82. The lowest BCUT2D eigenvalue weighted by Gasteiger charge is -2.08. The molecule has 0 N–H and O–H groups in total. The molecule has 1 aromatic heterocycles. The first-order valence-corrected chi connectivity index (χ1v) is 8.14. The molecule has 0 aliphatic carbocycles. The van der Waals surface area contributed by atoms with Gasteiger partial charge in [-0.3, -0.25) is 0 Å². The van der Waals surface area contributed by atoms with Gasteiger partial charge in [0, 0.05) is 12.0 Å². The smallest absolute Gasteiger partial charge is 0.0928 e. The number of hydrogen-bond acceptors (Lipinski definition) is 2. The molecule has 2 rings (SSSR count). The summed E-state index contributed by atoms with van der Waals surface area (Å²) >= 11 is 11.8. The predicted octanol–water partition coefficient (Wildman–Crippen LogP) is 5.34. The molecule has 102 valence electrons. The quantitative estimate of drug-likeness (QED) is 0.655. The highest BCUT2D eigenvalue weighted by atomic mass is 79.9. The fourth-order valence-electron chi connectivity index (χ4n) is 1.85. The normalized spacial score (nSPS) is 12.6. The minimum atomic E-state index is -0.0773. The van der Waals surface area contributed by atoms with Crippen molar-refractivity contribution in [2.24, 2.45) is 0 Å². The molecule has 1 nitrogen and oxygen atoms in total. The van der Waals surface area contributed by atoms with Crippen LogP contribution in [0.1, 0.15) is 26.9 Å². The highest BCUT2D eigenvalue weighted by Gasteiger charge is 2.14. The maximum Gasteiger partial charge on any atom is 0.0928 e.